The average Bonchev–Trinajstić information content (AvgIpc) is 3.67. The van der Waals surface area contributed by atoms with Crippen molar-refractivity contribution in [3.05, 3.63) is 158 Å². The summed E-state index contributed by atoms with van der Waals surface area (Å²) in [6.07, 6.45) is 2.11. The Morgan fingerprint density at radius 3 is 1.77 bits per heavy atom. The van der Waals surface area contributed by atoms with Gasteiger partial charge < -0.3 is 4.57 Å². The number of para-hydroxylation sites is 3. The second-order valence-corrected chi connectivity index (χ2v) is 11.1. The molecule has 0 N–H and O–H groups in total. The van der Waals surface area contributed by atoms with E-state index in [-0.39, 0.29) is 0 Å². The van der Waals surface area contributed by atoms with E-state index in [9.17, 15) is 0 Å². The molecule has 0 saturated heterocycles. The second-order valence-electron chi connectivity index (χ2n) is 11.1. The third-order valence-electron chi connectivity index (χ3n) is 8.61. The Morgan fingerprint density at radius 2 is 1.00 bits per heavy atom. The van der Waals surface area contributed by atoms with Gasteiger partial charge in [0, 0.05) is 33.6 Å². The zero-order valence-corrected chi connectivity index (χ0v) is 23.8. The predicted octanol–water partition coefficient (Wildman–Crippen LogP) is 10.0. The van der Waals surface area contributed by atoms with Crippen LogP contribution in [0.5, 0.6) is 0 Å². The Bertz CT molecular complexity index is 2440. The van der Waals surface area contributed by atoms with Crippen molar-refractivity contribution in [3.63, 3.8) is 0 Å². The Kier molecular flexibility index (Phi) is 5.47. The molecule has 0 amide bonds. The van der Waals surface area contributed by atoms with Crippen molar-refractivity contribution < 1.29 is 0 Å². The van der Waals surface area contributed by atoms with Gasteiger partial charge in [-0.1, -0.05) is 121 Å². The second kappa shape index (κ2) is 9.79. The maximum absolute atomic E-state index is 5.43. The first-order valence-electron chi connectivity index (χ1n) is 14.9. The van der Waals surface area contributed by atoms with Gasteiger partial charge in [0.2, 0.25) is 5.95 Å². The fourth-order valence-corrected chi connectivity index (χ4v) is 6.63. The molecule has 0 aliphatic rings. The lowest BCUT2D eigenvalue weighted by Gasteiger charge is -2.15. The molecule has 4 nitrogen and oxygen atoms in total. The summed E-state index contributed by atoms with van der Waals surface area (Å²) in [6, 6.07) is 53.3. The van der Waals surface area contributed by atoms with Gasteiger partial charge in [-0.3, -0.25) is 4.57 Å². The number of nitrogens with zero attached hydrogens (tertiary/aromatic N) is 4. The van der Waals surface area contributed by atoms with Gasteiger partial charge in [-0.25, -0.2) is 4.98 Å². The molecule has 0 spiro atoms. The largest absolute Gasteiger partial charge is 0.301 e. The van der Waals surface area contributed by atoms with Crippen LogP contribution in [0.2, 0.25) is 0 Å². The van der Waals surface area contributed by atoms with E-state index in [4.69, 9.17) is 9.97 Å². The van der Waals surface area contributed by atoms with Crippen molar-refractivity contribution in [2.75, 3.05) is 0 Å². The summed E-state index contributed by atoms with van der Waals surface area (Å²) in [6.45, 7) is 0. The van der Waals surface area contributed by atoms with Crippen molar-refractivity contribution in [2.24, 2.45) is 0 Å². The van der Waals surface area contributed by atoms with Crippen LogP contribution in [0.1, 0.15) is 0 Å². The first kappa shape index (κ1) is 24.6. The lowest BCUT2D eigenvalue weighted by Crippen LogP contribution is -2.05. The van der Waals surface area contributed by atoms with E-state index in [0.29, 0.717) is 5.95 Å². The molecule has 0 radical (unpaired) electrons. The van der Waals surface area contributed by atoms with Gasteiger partial charge in [0.05, 0.1) is 16.7 Å². The summed E-state index contributed by atoms with van der Waals surface area (Å²) < 4.78 is 4.37. The fourth-order valence-electron chi connectivity index (χ4n) is 6.63. The third kappa shape index (κ3) is 3.71. The number of fused-ring (bicyclic) bond motifs is 5. The van der Waals surface area contributed by atoms with Crippen LogP contribution in [0.15, 0.2) is 158 Å². The minimum atomic E-state index is 0.647. The molecule has 9 rings (SSSR count). The van der Waals surface area contributed by atoms with Gasteiger partial charge in [0.15, 0.2) is 5.65 Å². The Balaban J connectivity index is 1.40. The summed E-state index contributed by atoms with van der Waals surface area (Å²) in [5, 5.41) is 5.81. The SMILES string of the molecule is c1ccc(-n2ccc3c(-c4ccccc4-c4cccc5ccccc45)nc(-n4c5ccccc5c5ccccc54)nc32)cc1. The fraction of sp³-hybridized carbons (Fsp3) is 0. The molecule has 4 heteroatoms. The molecule has 6 aromatic carbocycles. The van der Waals surface area contributed by atoms with Gasteiger partial charge in [0.1, 0.15) is 0 Å². The van der Waals surface area contributed by atoms with E-state index in [2.05, 4.69) is 161 Å². The topological polar surface area (TPSA) is 35.6 Å². The Hall–Kier alpha value is -6.00. The summed E-state index contributed by atoms with van der Waals surface area (Å²) in [7, 11) is 0. The van der Waals surface area contributed by atoms with Crippen LogP contribution in [-0.2, 0) is 0 Å². The molecule has 44 heavy (non-hydrogen) atoms. The van der Waals surface area contributed by atoms with E-state index >= 15 is 0 Å². The molecule has 0 aliphatic carbocycles. The smallest absolute Gasteiger partial charge is 0.237 e. The molecule has 0 aliphatic heterocycles. The van der Waals surface area contributed by atoms with Crippen LogP contribution >= 0.6 is 0 Å². The molecule has 0 atom stereocenters. The highest BCUT2D eigenvalue weighted by Gasteiger charge is 2.21. The molecule has 0 unspecified atom stereocenters. The van der Waals surface area contributed by atoms with E-state index in [1.807, 2.05) is 6.07 Å². The first-order valence-corrected chi connectivity index (χ1v) is 14.9. The van der Waals surface area contributed by atoms with Gasteiger partial charge in [0.25, 0.3) is 0 Å². The van der Waals surface area contributed by atoms with Crippen LogP contribution < -0.4 is 0 Å². The van der Waals surface area contributed by atoms with E-state index in [0.717, 1.165) is 44.6 Å². The van der Waals surface area contributed by atoms with Crippen LogP contribution in [0.4, 0.5) is 0 Å². The van der Waals surface area contributed by atoms with Crippen LogP contribution in [0.25, 0.3) is 77.6 Å². The van der Waals surface area contributed by atoms with Crippen LogP contribution in [-0.4, -0.2) is 19.1 Å². The zero-order chi connectivity index (χ0) is 29.0. The monoisotopic (exact) mass is 562 g/mol. The maximum atomic E-state index is 5.43. The van der Waals surface area contributed by atoms with Gasteiger partial charge >= 0.3 is 0 Å². The highest BCUT2D eigenvalue weighted by Crippen LogP contribution is 2.39. The minimum absolute atomic E-state index is 0.647. The Morgan fingerprint density at radius 1 is 0.409 bits per heavy atom. The van der Waals surface area contributed by atoms with Crippen LogP contribution in [0, 0.1) is 0 Å². The Labute approximate surface area is 254 Å². The molecule has 206 valence electrons. The highest BCUT2D eigenvalue weighted by atomic mass is 15.2. The highest BCUT2D eigenvalue weighted by molar-refractivity contribution is 6.09. The van der Waals surface area contributed by atoms with Crippen LogP contribution in [0.3, 0.4) is 0 Å². The van der Waals surface area contributed by atoms with Crippen molar-refractivity contribution in [2.45, 2.75) is 0 Å². The summed E-state index contributed by atoms with van der Waals surface area (Å²) in [5.74, 6) is 0.647. The number of hydrogen-bond donors (Lipinski definition) is 0. The zero-order valence-electron chi connectivity index (χ0n) is 23.8. The van der Waals surface area contributed by atoms with Gasteiger partial charge in [-0.2, -0.15) is 4.98 Å². The molecular formula is C40H26N4. The average molecular weight is 563 g/mol. The standard InChI is InChI=1S/C40H26N4/c1-2-15-28(16-3-1)43-26-25-35-38(34-21-7-6-18-31(34)30-22-12-14-27-13-4-5-17-29(27)30)41-40(42-39(35)43)44-36-23-10-8-19-32(36)33-20-9-11-24-37(33)44/h1-26H. The van der Waals surface area contributed by atoms with Crippen molar-refractivity contribution in [1.82, 2.24) is 19.1 Å². The number of aromatic nitrogens is 4. The lowest BCUT2D eigenvalue weighted by atomic mass is 9.92. The number of hydrogen-bond acceptors (Lipinski definition) is 2. The molecule has 9 aromatic rings. The molecule has 3 heterocycles. The van der Waals surface area contributed by atoms with Gasteiger partial charge in [-0.15, -0.1) is 0 Å². The predicted molar refractivity (Wildman–Crippen MR) is 182 cm³/mol. The maximum Gasteiger partial charge on any atom is 0.237 e. The summed E-state index contributed by atoms with van der Waals surface area (Å²) >= 11 is 0. The molecule has 3 aromatic heterocycles. The number of benzene rings is 6. The summed E-state index contributed by atoms with van der Waals surface area (Å²) in [5.41, 5.74) is 8.40. The van der Waals surface area contributed by atoms with E-state index in [1.54, 1.807) is 0 Å². The summed E-state index contributed by atoms with van der Waals surface area (Å²) in [4.78, 5) is 10.7. The molecular weight excluding hydrogens is 536 g/mol. The van der Waals surface area contributed by atoms with Crippen molar-refractivity contribution >= 4 is 43.6 Å². The number of rotatable bonds is 4. The first-order chi connectivity index (χ1) is 21.8. The quantitative estimate of drug-likeness (QED) is 0.214. The third-order valence-corrected chi connectivity index (χ3v) is 8.61. The normalized spacial score (nSPS) is 11.6. The molecule has 0 saturated carbocycles. The minimum Gasteiger partial charge on any atom is -0.301 e. The van der Waals surface area contributed by atoms with Gasteiger partial charge in [-0.05, 0) is 52.2 Å². The molecule has 0 fully saturated rings. The van der Waals surface area contributed by atoms with E-state index < -0.39 is 0 Å². The lowest BCUT2D eigenvalue weighted by molar-refractivity contribution is 0.988. The van der Waals surface area contributed by atoms with E-state index in [1.165, 1.54) is 27.1 Å². The van der Waals surface area contributed by atoms with Crippen molar-refractivity contribution in [1.29, 1.82) is 0 Å². The van der Waals surface area contributed by atoms with Crippen molar-refractivity contribution in [3.8, 4) is 34.0 Å². The molecule has 0 bridgehead atoms.